The van der Waals surface area contributed by atoms with Crippen LogP contribution in [-0.2, 0) is 50.3 Å². The molecule has 2 bridgehead atoms. The zero-order chi connectivity index (χ0) is 58.4. The van der Waals surface area contributed by atoms with Crippen LogP contribution in [0.2, 0.25) is 0 Å². The molecule has 6 fully saturated rings. The van der Waals surface area contributed by atoms with E-state index in [0.29, 0.717) is 61.9 Å². The molecule has 11 rings (SSSR count). The number of aromatic nitrogens is 1. The highest BCUT2D eigenvalue weighted by Gasteiger charge is 2.94. The van der Waals surface area contributed by atoms with Crippen LogP contribution < -0.4 is 27.0 Å². The minimum absolute atomic E-state index is 0.00210. The molecule has 5 aliphatic heterocycles. The number of likely N-dealkylation sites (tertiary alicyclic amines) is 1. The third kappa shape index (κ3) is 11.0. The normalized spacial score (nSPS) is 22.9. The Bertz CT molecular complexity index is 3400. The lowest BCUT2D eigenvalue weighted by Gasteiger charge is -2.35. The van der Waals surface area contributed by atoms with E-state index in [1.807, 2.05) is 13.0 Å². The standard InChI is InChI=1S/C58H62F2N9O12P/c1-2-3-16-43(63-50(72)36-27-35-28-37(17-18-41(35)62-29-36)58(59,60)82(79,80)81)54(76)69-31-40-47-48(40)57(47,69)56(78)64-42(19-21-45(61)70)51(73)66-49(34-12-5-4-6-13-34)55(77)67-25-23-32(24-26-67)10-7-8-11-33-14-9-15-38-39(33)30-68(53(38)75)44-20-22-46(71)65-52(44)74/h4-6,9,12-15,17-18,27-29,32,40,42-44,47-49H,2-3,7,10,16,19-26,30-31H2,1H3,(H2,61,70)(H,63,72)(H,64,78)(H,66,73)(H,65,71,74)(H2,79,80,81)/t40?,42-,43-,44?,47+,48?,49-,57?/m0/s1. The van der Waals surface area contributed by atoms with Crippen molar-refractivity contribution in [1.82, 2.24) is 41.0 Å². The molecule has 7 aliphatic rings. The summed E-state index contributed by atoms with van der Waals surface area (Å²) in [6, 6.07) is 13.5. The molecule has 4 aromatic rings. The Kier molecular flexibility index (Phi) is 15.9. The van der Waals surface area contributed by atoms with Crippen LogP contribution in [0.15, 0.2) is 79.0 Å². The van der Waals surface area contributed by atoms with Crippen molar-refractivity contribution >= 4 is 71.7 Å². The van der Waals surface area contributed by atoms with Gasteiger partial charge in [-0.2, -0.15) is 8.78 Å². The number of pyridine rings is 1. The Morgan fingerprint density at radius 3 is 2.35 bits per heavy atom. The predicted molar refractivity (Wildman–Crippen MR) is 289 cm³/mol. The fourth-order valence-corrected chi connectivity index (χ4v) is 12.9. The Labute approximate surface area is 470 Å². The van der Waals surface area contributed by atoms with E-state index < -0.39 is 84.0 Å². The van der Waals surface area contributed by atoms with Crippen LogP contribution in [0.1, 0.15) is 127 Å². The highest BCUT2D eigenvalue weighted by molar-refractivity contribution is 7.52. The lowest BCUT2D eigenvalue weighted by Crippen LogP contribution is -2.59. The van der Waals surface area contributed by atoms with Crippen LogP contribution in [0, 0.1) is 35.5 Å². The molecule has 9 amide bonds. The number of imide groups is 1. The SMILES string of the molecule is CCCC[C@H](NC(=O)c1cnc2ccc(C(F)(F)P(=O)(O)O)cc2c1)C(=O)N1CC2C3[C@@H]2C31C(=O)N[C@@H](CCC(N)=O)C(=O)N[C@H](C(=O)N1CCC(CCC#Cc2cccc3c2CN(C2CCC(=O)NC2=O)C3=O)CC1)c1ccccc1. The van der Waals surface area contributed by atoms with Gasteiger partial charge in [-0.25, -0.2) is 0 Å². The molecule has 430 valence electrons. The molecular weight excluding hydrogens is 1080 g/mol. The van der Waals surface area contributed by atoms with Gasteiger partial charge in [0.05, 0.1) is 11.1 Å². The van der Waals surface area contributed by atoms with Gasteiger partial charge in [0.2, 0.25) is 41.4 Å². The largest absolute Gasteiger partial charge is 0.399 e. The molecule has 2 saturated carbocycles. The molecule has 0 spiro atoms. The van der Waals surface area contributed by atoms with E-state index in [4.69, 9.17) is 5.73 Å². The molecule has 6 heterocycles. The lowest BCUT2D eigenvalue weighted by atomic mass is 9.91. The Hall–Kier alpha value is -7.93. The maximum absolute atomic E-state index is 14.6. The van der Waals surface area contributed by atoms with Crippen molar-refractivity contribution in [3.8, 4) is 11.8 Å². The number of halogens is 2. The van der Waals surface area contributed by atoms with Gasteiger partial charge >= 0.3 is 13.3 Å². The molecule has 8 atom stereocenters. The first-order valence-electron chi connectivity index (χ1n) is 27.6. The van der Waals surface area contributed by atoms with Gasteiger partial charge in [-0.15, -0.1) is 0 Å². The first kappa shape index (κ1) is 57.3. The van der Waals surface area contributed by atoms with E-state index in [1.54, 1.807) is 47.4 Å². The fraction of sp³-hybridized carbons (Fsp3) is 0.448. The number of amides is 9. The third-order valence-corrected chi connectivity index (χ3v) is 18.0. The molecule has 2 aliphatic carbocycles. The van der Waals surface area contributed by atoms with Gasteiger partial charge in [0.1, 0.15) is 29.7 Å². The second kappa shape index (κ2) is 22.8. The minimum Gasteiger partial charge on any atom is -0.370 e. The van der Waals surface area contributed by atoms with Gasteiger partial charge in [-0.1, -0.05) is 74.1 Å². The molecule has 0 radical (unpaired) electrons. The quantitative estimate of drug-likeness (QED) is 0.0378. The number of unbranched alkanes of at least 4 members (excludes halogenated alkanes) is 1. The summed E-state index contributed by atoms with van der Waals surface area (Å²) in [5.74, 6) is 1.31. The van der Waals surface area contributed by atoms with Gasteiger partial charge in [0, 0.05) is 85.6 Å². The maximum Gasteiger partial charge on any atom is 0.399 e. The molecule has 21 nitrogen and oxygen atoms in total. The summed E-state index contributed by atoms with van der Waals surface area (Å²) < 4.78 is 40.9. The average Bonchev–Trinajstić information content (AvgIpc) is 1.43. The molecular formula is C58H62F2N9O12P. The summed E-state index contributed by atoms with van der Waals surface area (Å²) >= 11 is 0. The first-order chi connectivity index (χ1) is 39.1. The van der Waals surface area contributed by atoms with Crippen LogP contribution in [-0.4, -0.2) is 126 Å². The highest BCUT2D eigenvalue weighted by Crippen LogP contribution is 2.83. The van der Waals surface area contributed by atoms with Crippen molar-refractivity contribution in [3.05, 3.63) is 112 Å². The molecule has 82 heavy (non-hydrogen) atoms. The number of carbonyl (C=O) groups excluding carboxylic acids is 9. The molecule has 3 aromatic carbocycles. The van der Waals surface area contributed by atoms with Gasteiger partial charge in [0.25, 0.3) is 11.8 Å². The van der Waals surface area contributed by atoms with E-state index in [0.717, 1.165) is 30.2 Å². The second-order valence-electron chi connectivity index (χ2n) is 22.1. The molecule has 8 N–H and O–H groups in total. The number of hydrogen-bond acceptors (Lipinski definition) is 11. The van der Waals surface area contributed by atoms with Gasteiger partial charge in [0.15, 0.2) is 0 Å². The second-order valence-corrected chi connectivity index (χ2v) is 23.7. The topological polar surface area (TPSA) is 308 Å². The van der Waals surface area contributed by atoms with Crippen molar-refractivity contribution in [2.45, 2.75) is 119 Å². The summed E-state index contributed by atoms with van der Waals surface area (Å²) in [6.07, 6.45) is 4.96. The summed E-state index contributed by atoms with van der Waals surface area (Å²) in [5.41, 5.74) is 1.14. The summed E-state index contributed by atoms with van der Waals surface area (Å²) in [4.78, 5) is 149. The lowest BCUT2D eigenvalue weighted by molar-refractivity contribution is -0.143. The van der Waals surface area contributed by atoms with Gasteiger partial charge in [-0.05, 0) is 91.8 Å². The number of carbonyl (C=O) groups is 9. The highest BCUT2D eigenvalue weighted by atomic mass is 31.2. The Balaban J connectivity index is 0.776. The smallest absolute Gasteiger partial charge is 0.370 e. The van der Waals surface area contributed by atoms with Gasteiger partial charge in [-0.3, -0.25) is 58.0 Å². The number of nitrogens with zero attached hydrogens (tertiary/aromatic N) is 4. The van der Waals surface area contributed by atoms with E-state index >= 15 is 0 Å². The molecule has 4 saturated heterocycles. The third-order valence-electron chi connectivity index (χ3n) is 17.0. The first-order valence-corrected chi connectivity index (χ1v) is 29.2. The average molecular weight is 1150 g/mol. The van der Waals surface area contributed by atoms with Crippen LogP contribution in [0.5, 0.6) is 0 Å². The van der Waals surface area contributed by atoms with Gasteiger partial charge < -0.3 is 46.2 Å². The monoisotopic (exact) mass is 1150 g/mol. The van der Waals surface area contributed by atoms with E-state index in [9.17, 15) is 66.3 Å². The number of piperidine rings is 3. The van der Waals surface area contributed by atoms with Crippen molar-refractivity contribution in [1.29, 1.82) is 0 Å². The zero-order valence-electron chi connectivity index (χ0n) is 44.8. The van der Waals surface area contributed by atoms with Crippen molar-refractivity contribution in [2.24, 2.45) is 29.4 Å². The number of nitrogens with two attached hydrogens (primary N) is 1. The number of nitrogens with one attached hydrogen (secondary N) is 4. The number of rotatable bonds is 20. The summed E-state index contributed by atoms with van der Waals surface area (Å²) in [7, 11) is -5.90. The number of alkyl halides is 2. The van der Waals surface area contributed by atoms with Crippen LogP contribution >= 0.6 is 7.60 Å². The number of benzene rings is 3. The minimum atomic E-state index is -5.90. The van der Waals surface area contributed by atoms with Crippen molar-refractivity contribution in [2.75, 3.05) is 19.6 Å². The van der Waals surface area contributed by atoms with Crippen molar-refractivity contribution in [3.63, 3.8) is 0 Å². The van der Waals surface area contributed by atoms with Crippen LogP contribution in [0.3, 0.4) is 0 Å². The van der Waals surface area contributed by atoms with Crippen LogP contribution in [0.25, 0.3) is 10.9 Å². The summed E-state index contributed by atoms with van der Waals surface area (Å²) in [5, 5.41) is 10.7. The van der Waals surface area contributed by atoms with Crippen LogP contribution in [0.4, 0.5) is 8.78 Å². The Morgan fingerprint density at radius 1 is 0.915 bits per heavy atom. The number of primary amides is 1. The number of fused-ring (bicyclic) bond motifs is 3. The predicted octanol–water partition coefficient (Wildman–Crippen LogP) is 3.65. The molecule has 4 unspecified atom stereocenters. The van der Waals surface area contributed by atoms with E-state index in [-0.39, 0.29) is 103 Å². The van der Waals surface area contributed by atoms with E-state index in [1.165, 1.54) is 22.1 Å². The number of hydrogen-bond donors (Lipinski definition) is 7. The fourth-order valence-electron chi connectivity index (χ4n) is 12.5. The molecule has 24 heteroatoms. The Morgan fingerprint density at radius 2 is 1.66 bits per heavy atom. The maximum atomic E-state index is 14.6. The van der Waals surface area contributed by atoms with E-state index in [2.05, 4.69) is 38.1 Å². The summed E-state index contributed by atoms with van der Waals surface area (Å²) in [6.45, 7) is 3.08. The zero-order valence-corrected chi connectivity index (χ0v) is 45.7. The van der Waals surface area contributed by atoms with Crippen molar-refractivity contribution < 1.29 is 66.3 Å². The molecule has 1 aromatic heterocycles.